The molecule has 1 nitrogen and oxygen atoms in total. The van der Waals surface area contributed by atoms with E-state index < -0.39 is 0 Å². The smallest absolute Gasteiger partial charge is 0.0546 e. The number of benzene rings is 8. The van der Waals surface area contributed by atoms with E-state index in [1.807, 2.05) is 11.3 Å². The standard InChI is InChI=1S/C53H43NS/c1-52(2,3)37-25-30-47(43(32-37)34-15-7-6-8-16-34)54(38-26-28-46-44(33-38)40-19-11-13-21-45(40)53(46,4)5)48-29-24-35-17-9-10-18-39(35)51(48)36-23-27-42-41-20-12-14-22-49(41)55-50(42)31-36/h6-33H,1-5H3. The van der Waals surface area contributed by atoms with Crippen molar-refractivity contribution >= 4 is 59.3 Å². The van der Waals surface area contributed by atoms with Gasteiger partial charge < -0.3 is 4.90 Å². The Morgan fingerprint density at radius 1 is 0.473 bits per heavy atom. The van der Waals surface area contributed by atoms with E-state index in [-0.39, 0.29) is 10.8 Å². The van der Waals surface area contributed by atoms with Gasteiger partial charge in [0.25, 0.3) is 0 Å². The topological polar surface area (TPSA) is 3.24 Å². The third kappa shape index (κ3) is 5.42. The quantitative estimate of drug-likeness (QED) is 0.171. The van der Waals surface area contributed by atoms with Crippen LogP contribution in [0, 0.1) is 0 Å². The Balaban J connectivity index is 1.30. The first-order valence-corrected chi connectivity index (χ1v) is 20.2. The van der Waals surface area contributed by atoms with E-state index >= 15 is 0 Å². The summed E-state index contributed by atoms with van der Waals surface area (Å²) in [5, 5.41) is 5.10. The summed E-state index contributed by atoms with van der Waals surface area (Å²) >= 11 is 1.88. The summed E-state index contributed by atoms with van der Waals surface area (Å²) in [5.41, 5.74) is 14.9. The molecule has 10 rings (SSSR count). The Morgan fingerprint density at radius 2 is 1.16 bits per heavy atom. The van der Waals surface area contributed by atoms with Crippen molar-refractivity contribution in [1.29, 1.82) is 0 Å². The van der Waals surface area contributed by atoms with Crippen molar-refractivity contribution in [2.24, 2.45) is 0 Å². The van der Waals surface area contributed by atoms with Crippen LogP contribution in [0.5, 0.6) is 0 Å². The lowest BCUT2D eigenvalue weighted by molar-refractivity contribution is 0.590. The maximum Gasteiger partial charge on any atom is 0.0546 e. The molecule has 0 fully saturated rings. The normalized spacial score (nSPS) is 13.3. The molecule has 0 aliphatic heterocycles. The Labute approximate surface area is 328 Å². The third-order valence-corrected chi connectivity index (χ3v) is 13.0. The van der Waals surface area contributed by atoms with Gasteiger partial charge in [-0.1, -0.05) is 162 Å². The van der Waals surface area contributed by atoms with Crippen LogP contribution in [0.2, 0.25) is 0 Å². The summed E-state index contributed by atoms with van der Waals surface area (Å²) in [4.78, 5) is 2.54. The molecule has 1 aromatic heterocycles. The minimum Gasteiger partial charge on any atom is -0.309 e. The van der Waals surface area contributed by atoms with Crippen LogP contribution in [0.15, 0.2) is 170 Å². The van der Waals surface area contributed by atoms with Gasteiger partial charge in [0.05, 0.1) is 11.4 Å². The molecule has 0 saturated carbocycles. The van der Waals surface area contributed by atoms with Gasteiger partial charge in [-0.2, -0.15) is 0 Å². The number of nitrogens with zero attached hydrogens (tertiary/aromatic N) is 1. The molecular formula is C53H43NS. The van der Waals surface area contributed by atoms with Crippen molar-refractivity contribution in [1.82, 2.24) is 0 Å². The molecule has 0 atom stereocenters. The summed E-state index contributed by atoms with van der Waals surface area (Å²) in [5.74, 6) is 0. The van der Waals surface area contributed by atoms with Crippen molar-refractivity contribution < 1.29 is 0 Å². The molecule has 1 aliphatic carbocycles. The number of fused-ring (bicyclic) bond motifs is 7. The second kappa shape index (κ2) is 12.5. The molecule has 55 heavy (non-hydrogen) atoms. The maximum atomic E-state index is 2.54. The molecule has 1 heterocycles. The van der Waals surface area contributed by atoms with E-state index in [1.165, 1.54) is 81.0 Å². The highest BCUT2D eigenvalue weighted by Gasteiger charge is 2.36. The van der Waals surface area contributed by atoms with Crippen LogP contribution in [-0.4, -0.2) is 0 Å². The predicted molar refractivity (Wildman–Crippen MR) is 239 cm³/mol. The monoisotopic (exact) mass is 725 g/mol. The molecule has 0 bridgehead atoms. The van der Waals surface area contributed by atoms with Crippen LogP contribution in [0.3, 0.4) is 0 Å². The summed E-state index contributed by atoms with van der Waals surface area (Å²) in [6.45, 7) is 11.6. The molecule has 0 amide bonds. The second-order valence-corrected chi connectivity index (χ2v) is 17.7. The highest BCUT2D eigenvalue weighted by molar-refractivity contribution is 7.25. The average molecular weight is 726 g/mol. The molecule has 2 heteroatoms. The summed E-state index contributed by atoms with van der Waals surface area (Å²) < 4.78 is 2.63. The molecule has 8 aromatic carbocycles. The SMILES string of the molecule is CC(C)(C)c1ccc(N(c2ccc3c(c2)-c2ccccc2C3(C)C)c2ccc3ccccc3c2-c2ccc3c(c2)sc2ccccc23)c(-c2ccccc2)c1. The Bertz CT molecular complexity index is 2940. The van der Waals surface area contributed by atoms with E-state index in [0.717, 1.165) is 17.1 Å². The van der Waals surface area contributed by atoms with Gasteiger partial charge in [0.1, 0.15) is 0 Å². The zero-order chi connectivity index (χ0) is 37.5. The minimum absolute atomic E-state index is 0.0104. The minimum atomic E-state index is -0.0768. The Hall–Kier alpha value is -5.96. The van der Waals surface area contributed by atoms with E-state index in [0.29, 0.717) is 0 Å². The fourth-order valence-electron chi connectivity index (χ4n) is 8.93. The van der Waals surface area contributed by atoms with Crippen LogP contribution in [-0.2, 0) is 10.8 Å². The van der Waals surface area contributed by atoms with Crippen molar-refractivity contribution in [3.8, 4) is 33.4 Å². The number of rotatable bonds is 5. The maximum absolute atomic E-state index is 2.54. The molecule has 1 aliphatic rings. The third-order valence-electron chi connectivity index (χ3n) is 11.8. The highest BCUT2D eigenvalue weighted by Crippen LogP contribution is 2.53. The molecule has 9 aromatic rings. The first-order chi connectivity index (χ1) is 26.7. The fraction of sp³-hybridized carbons (Fsp3) is 0.132. The van der Waals surface area contributed by atoms with Crippen LogP contribution < -0.4 is 4.90 Å². The highest BCUT2D eigenvalue weighted by atomic mass is 32.1. The fourth-order valence-corrected chi connectivity index (χ4v) is 10.1. The van der Waals surface area contributed by atoms with Crippen molar-refractivity contribution in [3.63, 3.8) is 0 Å². The zero-order valence-corrected chi connectivity index (χ0v) is 32.8. The van der Waals surface area contributed by atoms with Crippen molar-refractivity contribution in [2.75, 3.05) is 4.90 Å². The first-order valence-electron chi connectivity index (χ1n) is 19.3. The average Bonchev–Trinajstić information content (AvgIpc) is 3.69. The molecular weight excluding hydrogens is 683 g/mol. The molecule has 0 unspecified atom stereocenters. The van der Waals surface area contributed by atoms with Gasteiger partial charge in [0.2, 0.25) is 0 Å². The predicted octanol–water partition coefficient (Wildman–Crippen LogP) is 15.6. The molecule has 0 spiro atoms. The lowest BCUT2D eigenvalue weighted by Crippen LogP contribution is -2.16. The van der Waals surface area contributed by atoms with E-state index in [2.05, 4.69) is 209 Å². The number of thiophene rings is 1. The van der Waals surface area contributed by atoms with Crippen LogP contribution in [0.4, 0.5) is 17.1 Å². The van der Waals surface area contributed by atoms with E-state index in [4.69, 9.17) is 0 Å². The zero-order valence-electron chi connectivity index (χ0n) is 32.0. The number of hydrogen-bond donors (Lipinski definition) is 0. The lowest BCUT2D eigenvalue weighted by atomic mass is 9.82. The van der Waals surface area contributed by atoms with Gasteiger partial charge in [0.15, 0.2) is 0 Å². The lowest BCUT2D eigenvalue weighted by Gasteiger charge is -2.32. The van der Waals surface area contributed by atoms with Gasteiger partial charge in [-0.15, -0.1) is 11.3 Å². The van der Waals surface area contributed by atoms with E-state index in [1.54, 1.807) is 0 Å². The Morgan fingerprint density at radius 3 is 2.00 bits per heavy atom. The van der Waals surface area contributed by atoms with Crippen LogP contribution in [0.1, 0.15) is 51.3 Å². The number of anilines is 3. The van der Waals surface area contributed by atoms with E-state index in [9.17, 15) is 0 Å². The summed E-state index contributed by atoms with van der Waals surface area (Å²) in [6.07, 6.45) is 0. The Kier molecular flexibility index (Phi) is 7.67. The van der Waals surface area contributed by atoms with Gasteiger partial charge in [-0.3, -0.25) is 0 Å². The van der Waals surface area contributed by atoms with Gasteiger partial charge >= 0.3 is 0 Å². The first kappa shape index (κ1) is 33.6. The van der Waals surface area contributed by atoms with Gasteiger partial charge in [0, 0.05) is 42.4 Å². The van der Waals surface area contributed by atoms with Gasteiger partial charge in [-0.25, -0.2) is 0 Å². The molecule has 0 radical (unpaired) electrons. The largest absolute Gasteiger partial charge is 0.309 e. The van der Waals surface area contributed by atoms with Crippen molar-refractivity contribution in [3.05, 3.63) is 187 Å². The van der Waals surface area contributed by atoms with Crippen LogP contribution in [0.25, 0.3) is 64.3 Å². The summed E-state index contributed by atoms with van der Waals surface area (Å²) in [6, 6.07) is 63.6. The van der Waals surface area contributed by atoms with Gasteiger partial charge in [-0.05, 0) is 97.6 Å². The van der Waals surface area contributed by atoms with Crippen molar-refractivity contribution in [2.45, 2.75) is 45.4 Å². The molecule has 266 valence electrons. The number of hydrogen-bond acceptors (Lipinski definition) is 2. The molecule has 0 saturated heterocycles. The summed E-state index contributed by atoms with van der Waals surface area (Å²) in [7, 11) is 0. The second-order valence-electron chi connectivity index (χ2n) is 16.6. The molecule has 0 N–H and O–H groups in total. The van der Waals surface area contributed by atoms with Crippen LogP contribution >= 0.6 is 11.3 Å².